The number of nitrogens with zero attached hydrogens (tertiary/aromatic N) is 1. The van der Waals surface area contributed by atoms with Gasteiger partial charge in [-0.3, -0.25) is 4.57 Å². The second-order valence-electron chi connectivity index (χ2n) is 3.95. The van der Waals surface area contributed by atoms with Crippen molar-refractivity contribution < 1.29 is 14.4 Å². The Morgan fingerprint density at radius 1 is 1.28 bits per heavy atom. The Kier molecular flexibility index (Phi) is 3.56. The van der Waals surface area contributed by atoms with Crippen molar-refractivity contribution in [1.29, 1.82) is 5.26 Å². The van der Waals surface area contributed by atoms with Crippen molar-refractivity contribution in [2.75, 3.05) is 0 Å². The number of hydrogen-bond donors (Lipinski definition) is 2. The molecular formula is C12H9BrNO3P. The van der Waals surface area contributed by atoms with Crippen molar-refractivity contribution in [1.82, 2.24) is 0 Å². The van der Waals surface area contributed by atoms with Gasteiger partial charge in [0.2, 0.25) is 0 Å². The Morgan fingerprint density at radius 2 is 2.00 bits per heavy atom. The van der Waals surface area contributed by atoms with E-state index in [1.807, 2.05) is 0 Å². The van der Waals surface area contributed by atoms with E-state index in [0.29, 0.717) is 11.1 Å². The largest absolute Gasteiger partial charge is 0.329 e. The summed E-state index contributed by atoms with van der Waals surface area (Å²) in [6.45, 7) is 0. The molecule has 0 radical (unpaired) electrons. The standard InChI is InChI=1S/C12H9BrNO3P/c13-12-5-9(7-18(15,16)17)3-10-2-1-8(6-14)4-11(10)12/h1-5H,7H2,(H2,15,16,17). The van der Waals surface area contributed by atoms with Crippen LogP contribution in [0.15, 0.2) is 34.8 Å². The molecule has 0 aromatic heterocycles. The lowest BCUT2D eigenvalue weighted by Gasteiger charge is -2.08. The van der Waals surface area contributed by atoms with Crippen molar-refractivity contribution >= 4 is 34.3 Å². The fraction of sp³-hybridized carbons (Fsp3) is 0.0833. The third kappa shape index (κ3) is 2.98. The summed E-state index contributed by atoms with van der Waals surface area (Å²) >= 11 is 3.36. The Labute approximate surface area is 112 Å². The number of hydrogen-bond acceptors (Lipinski definition) is 2. The summed E-state index contributed by atoms with van der Waals surface area (Å²) in [5.41, 5.74) is 1.11. The molecule has 0 fully saturated rings. The van der Waals surface area contributed by atoms with Crippen LogP contribution in [0, 0.1) is 11.3 Å². The van der Waals surface area contributed by atoms with Gasteiger partial charge in [-0.15, -0.1) is 0 Å². The van der Waals surface area contributed by atoms with E-state index in [2.05, 4.69) is 22.0 Å². The van der Waals surface area contributed by atoms with Gasteiger partial charge in [-0.1, -0.05) is 28.1 Å². The van der Waals surface area contributed by atoms with E-state index in [4.69, 9.17) is 15.0 Å². The lowest BCUT2D eigenvalue weighted by atomic mass is 10.1. The molecule has 2 aromatic carbocycles. The summed E-state index contributed by atoms with van der Waals surface area (Å²) in [5, 5.41) is 10.5. The minimum Gasteiger partial charge on any atom is -0.324 e. The first-order valence-electron chi connectivity index (χ1n) is 5.06. The molecule has 2 rings (SSSR count). The third-order valence-corrected chi connectivity index (χ3v) is 3.91. The highest BCUT2D eigenvalue weighted by molar-refractivity contribution is 9.10. The molecule has 0 amide bonds. The van der Waals surface area contributed by atoms with Gasteiger partial charge in [0.25, 0.3) is 0 Å². The highest BCUT2D eigenvalue weighted by Gasteiger charge is 2.15. The van der Waals surface area contributed by atoms with Crippen LogP contribution in [0.3, 0.4) is 0 Å². The smallest absolute Gasteiger partial charge is 0.324 e. The van der Waals surface area contributed by atoms with E-state index in [9.17, 15) is 4.57 Å². The molecular weight excluding hydrogens is 317 g/mol. The van der Waals surface area contributed by atoms with Crippen LogP contribution in [0.2, 0.25) is 0 Å². The van der Waals surface area contributed by atoms with Crippen molar-refractivity contribution in [3.05, 3.63) is 45.9 Å². The van der Waals surface area contributed by atoms with E-state index >= 15 is 0 Å². The van der Waals surface area contributed by atoms with E-state index in [0.717, 1.165) is 15.2 Å². The van der Waals surface area contributed by atoms with Crippen LogP contribution < -0.4 is 0 Å². The van der Waals surface area contributed by atoms with Crippen molar-refractivity contribution in [3.63, 3.8) is 0 Å². The molecule has 0 bridgehead atoms. The molecule has 0 aliphatic rings. The molecule has 2 aromatic rings. The van der Waals surface area contributed by atoms with Crippen LogP contribution in [-0.4, -0.2) is 9.79 Å². The lowest BCUT2D eigenvalue weighted by Crippen LogP contribution is -1.88. The lowest BCUT2D eigenvalue weighted by molar-refractivity contribution is 0.372. The van der Waals surface area contributed by atoms with Crippen LogP contribution in [0.4, 0.5) is 0 Å². The second kappa shape index (κ2) is 4.83. The molecule has 18 heavy (non-hydrogen) atoms. The van der Waals surface area contributed by atoms with Gasteiger partial charge in [-0.05, 0) is 34.5 Å². The summed E-state index contributed by atoms with van der Waals surface area (Å²) in [5.74, 6) is 0. The average molecular weight is 326 g/mol. The fourth-order valence-electron chi connectivity index (χ4n) is 1.77. The Hall–Kier alpha value is -1.18. The first kappa shape index (κ1) is 13.3. The van der Waals surface area contributed by atoms with Gasteiger partial charge in [-0.25, -0.2) is 0 Å². The third-order valence-electron chi connectivity index (χ3n) is 2.48. The Bertz CT molecular complexity index is 702. The molecule has 0 saturated heterocycles. The first-order chi connectivity index (χ1) is 8.39. The van der Waals surface area contributed by atoms with Crippen LogP contribution in [-0.2, 0) is 10.7 Å². The molecule has 2 N–H and O–H groups in total. The Balaban J connectivity index is 2.57. The predicted molar refractivity (Wildman–Crippen MR) is 72.1 cm³/mol. The van der Waals surface area contributed by atoms with E-state index in [1.165, 1.54) is 0 Å². The number of fused-ring (bicyclic) bond motifs is 1. The fourth-order valence-corrected chi connectivity index (χ4v) is 3.07. The van der Waals surface area contributed by atoms with Crippen LogP contribution in [0.1, 0.15) is 11.1 Å². The monoisotopic (exact) mass is 325 g/mol. The summed E-state index contributed by atoms with van der Waals surface area (Å²) < 4.78 is 11.7. The van der Waals surface area contributed by atoms with E-state index in [1.54, 1.807) is 30.3 Å². The van der Waals surface area contributed by atoms with Crippen LogP contribution >= 0.6 is 23.5 Å². The van der Waals surface area contributed by atoms with E-state index < -0.39 is 7.60 Å². The maximum absolute atomic E-state index is 11.0. The summed E-state index contributed by atoms with van der Waals surface area (Å²) in [6, 6.07) is 10.6. The van der Waals surface area contributed by atoms with Crippen LogP contribution in [0.25, 0.3) is 10.8 Å². The molecule has 0 atom stereocenters. The zero-order valence-corrected chi connectivity index (χ0v) is 11.6. The van der Waals surface area contributed by atoms with Crippen molar-refractivity contribution in [3.8, 4) is 6.07 Å². The topological polar surface area (TPSA) is 81.3 Å². The van der Waals surface area contributed by atoms with Crippen LogP contribution in [0.5, 0.6) is 0 Å². The van der Waals surface area contributed by atoms with E-state index in [-0.39, 0.29) is 6.16 Å². The van der Waals surface area contributed by atoms with Gasteiger partial charge in [0.1, 0.15) is 0 Å². The minimum absolute atomic E-state index is 0.290. The maximum Gasteiger partial charge on any atom is 0.329 e. The van der Waals surface area contributed by atoms with Gasteiger partial charge < -0.3 is 9.79 Å². The molecule has 0 saturated carbocycles. The summed E-state index contributed by atoms with van der Waals surface area (Å²) in [7, 11) is -4.07. The van der Waals surface area contributed by atoms with Gasteiger partial charge in [0.15, 0.2) is 0 Å². The maximum atomic E-state index is 11.0. The number of halogens is 1. The zero-order valence-electron chi connectivity index (χ0n) is 9.17. The Morgan fingerprint density at radius 3 is 2.61 bits per heavy atom. The van der Waals surface area contributed by atoms with Gasteiger partial charge >= 0.3 is 7.60 Å². The molecule has 0 aliphatic carbocycles. The highest BCUT2D eigenvalue weighted by atomic mass is 79.9. The average Bonchev–Trinajstić information content (AvgIpc) is 2.26. The summed E-state index contributed by atoms with van der Waals surface area (Å²) in [4.78, 5) is 17.9. The molecule has 0 aliphatic heterocycles. The molecule has 0 spiro atoms. The quantitative estimate of drug-likeness (QED) is 0.831. The number of rotatable bonds is 2. The molecule has 4 nitrogen and oxygen atoms in total. The number of benzene rings is 2. The minimum atomic E-state index is -4.07. The SMILES string of the molecule is N#Cc1ccc2cc(CP(=O)(O)O)cc(Br)c2c1. The molecule has 0 unspecified atom stereocenters. The molecule has 6 heteroatoms. The number of nitriles is 1. The van der Waals surface area contributed by atoms with Gasteiger partial charge in [0.05, 0.1) is 17.8 Å². The normalized spacial score (nSPS) is 11.4. The van der Waals surface area contributed by atoms with Gasteiger partial charge in [-0.2, -0.15) is 5.26 Å². The van der Waals surface area contributed by atoms with Crippen molar-refractivity contribution in [2.24, 2.45) is 0 Å². The van der Waals surface area contributed by atoms with Gasteiger partial charge in [0, 0.05) is 4.47 Å². The summed E-state index contributed by atoms with van der Waals surface area (Å²) in [6.07, 6.45) is -0.290. The predicted octanol–water partition coefficient (Wildman–Crippen LogP) is 3.15. The first-order valence-corrected chi connectivity index (χ1v) is 7.65. The molecule has 0 heterocycles. The zero-order chi connectivity index (χ0) is 13.3. The second-order valence-corrected chi connectivity index (χ2v) is 6.45. The van der Waals surface area contributed by atoms with Crippen molar-refractivity contribution in [2.45, 2.75) is 6.16 Å². The molecule has 92 valence electrons. The highest BCUT2D eigenvalue weighted by Crippen LogP contribution is 2.40.